The molecule has 3 heteroatoms. The van der Waals surface area contributed by atoms with Crippen LogP contribution in [0.1, 0.15) is 59.3 Å². The van der Waals surface area contributed by atoms with Crippen molar-refractivity contribution in [3.05, 3.63) is 0 Å². The van der Waals surface area contributed by atoms with E-state index in [1.54, 1.807) is 0 Å². The highest BCUT2D eigenvalue weighted by Gasteiger charge is 2.45. The second-order valence-corrected chi connectivity index (χ2v) is 12.9. The van der Waals surface area contributed by atoms with Crippen LogP contribution in [0.25, 0.3) is 0 Å². The van der Waals surface area contributed by atoms with Gasteiger partial charge in [-0.05, 0) is 55.7 Å². The Hall–Kier alpha value is 0.137. The van der Waals surface area contributed by atoms with Gasteiger partial charge in [-0.15, -0.1) is 0 Å². The molecule has 0 amide bonds. The Morgan fingerprint density at radius 2 is 1.53 bits per heavy atom. The highest BCUT2D eigenvalue weighted by atomic mass is 28.4. The molecule has 0 aromatic heterocycles. The Morgan fingerprint density at radius 1 is 0.947 bits per heavy atom. The number of aliphatic hydroxyl groups is 1. The third-order valence-electron chi connectivity index (χ3n) is 5.84. The molecule has 112 valence electrons. The Balaban J connectivity index is 2.07. The van der Waals surface area contributed by atoms with Crippen molar-refractivity contribution in [1.82, 2.24) is 0 Å². The van der Waals surface area contributed by atoms with Crippen LogP contribution in [0.2, 0.25) is 18.1 Å². The Labute approximate surface area is 120 Å². The monoisotopic (exact) mass is 284 g/mol. The molecule has 0 aromatic rings. The summed E-state index contributed by atoms with van der Waals surface area (Å²) in [6.45, 7) is 11.7. The van der Waals surface area contributed by atoms with E-state index < -0.39 is 8.32 Å². The van der Waals surface area contributed by atoms with Gasteiger partial charge in [0, 0.05) is 6.10 Å². The van der Waals surface area contributed by atoms with Crippen molar-refractivity contribution in [2.24, 2.45) is 11.8 Å². The van der Waals surface area contributed by atoms with Crippen LogP contribution in [-0.2, 0) is 4.43 Å². The number of aliphatic hydroxyl groups excluding tert-OH is 1. The summed E-state index contributed by atoms with van der Waals surface area (Å²) in [5.74, 6) is 1.13. The highest BCUT2D eigenvalue weighted by Crippen LogP contribution is 2.45. The number of fused-ring (bicyclic) bond motifs is 1. The number of rotatable bonds is 2. The van der Waals surface area contributed by atoms with Gasteiger partial charge in [-0.2, -0.15) is 0 Å². The molecule has 2 nitrogen and oxygen atoms in total. The predicted molar refractivity (Wildman–Crippen MR) is 82.8 cm³/mol. The van der Waals surface area contributed by atoms with E-state index in [4.69, 9.17) is 4.43 Å². The van der Waals surface area contributed by atoms with Gasteiger partial charge in [0.15, 0.2) is 8.32 Å². The van der Waals surface area contributed by atoms with E-state index in [2.05, 4.69) is 33.9 Å². The van der Waals surface area contributed by atoms with Gasteiger partial charge in [0.05, 0.1) is 6.10 Å². The molecule has 2 rings (SSSR count). The third kappa shape index (κ3) is 3.25. The minimum atomic E-state index is -1.67. The molecule has 4 unspecified atom stereocenters. The molecule has 2 aliphatic rings. The molecule has 2 fully saturated rings. The quantitative estimate of drug-likeness (QED) is 0.764. The van der Waals surface area contributed by atoms with E-state index in [1.807, 2.05) is 0 Å². The van der Waals surface area contributed by atoms with Crippen LogP contribution in [0.4, 0.5) is 0 Å². The molecule has 19 heavy (non-hydrogen) atoms. The predicted octanol–water partition coefficient (Wildman–Crippen LogP) is 4.34. The van der Waals surface area contributed by atoms with Gasteiger partial charge in [0.1, 0.15) is 0 Å². The van der Waals surface area contributed by atoms with E-state index in [9.17, 15) is 5.11 Å². The van der Waals surface area contributed by atoms with E-state index in [0.29, 0.717) is 17.9 Å². The zero-order valence-electron chi connectivity index (χ0n) is 13.4. The molecular formula is C16H32O2Si. The first-order valence-electron chi connectivity index (χ1n) is 8.08. The first kappa shape index (κ1) is 15.5. The average Bonchev–Trinajstić information content (AvgIpc) is 2.28. The summed E-state index contributed by atoms with van der Waals surface area (Å²) in [7, 11) is -1.67. The van der Waals surface area contributed by atoms with Gasteiger partial charge in [-0.1, -0.05) is 33.6 Å². The summed E-state index contributed by atoms with van der Waals surface area (Å²) < 4.78 is 6.69. The van der Waals surface area contributed by atoms with Crippen LogP contribution in [0.15, 0.2) is 0 Å². The lowest BCUT2D eigenvalue weighted by atomic mass is 9.68. The summed E-state index contributed by atoms with van der Waals surface area (Å²) in [4.78, 5) is 0. The lowest BCUT2D eigenvalue weighted by molar-refractivity contribution is -0.0478. The topological polar surface area (TPSA) is 29.5 Å². The maximum Gasteiger partial charge on any atom is 0.192 e. The van der Waals surface area contributed by atoms with E-state index >= 15 is 0 Å². The van der Waals surface area contributed by atoms with E-state index in [-0.39, 0.29) is 11.1 Å². The van der Waals surface area contributed by atoms with Gasteiger partial charge < -0.3 is 9.53 Å². The van der Waals surface area contributed by atoms with Crippen molar-refractivity contribution < 1.29 is 9.53 Å². The fourth-order valence-corrected chi connectivity index (χ4v) is 5.02. The molecule has 0 radical (unpaired) electrons. The van der Waals surface area contributed by atoms with Gasteiger partial charge >= 0.3 is 0 Å². The van der Waals surface area contributed by atoms with E-state index in [0.717, 1.165) is 6.42 Å². The van der Waals surface area contributed by atoms with Crippen LogP contribution in [-0.4, -0.2) is 25.6 Å². The zero-order chi connectivity index (χ0) is 14.3. The molecule has 0 spiro atoms. The summed E-state index contributed by atoms with van der Waals surface area (Å²) in [5, 5.41) is 10.5. The van der Waals surface area contributed by atoms with Crippen LogP contribution in [0, 0.1) is 11.8 Å². The molecule has 2 aliphatic carbocycles. The molecular weight excluding hydrogens is 252 g/mol. The minimum Gasteiger partial charge on any atom is -0.414 e. The zero-order valence-corrected chi connectivity index (χ0v) is 14.4. The summed E-state index contributed by atoms with van der Waals surface area (Å²) in [6.07, 6.45) is 7.45. The lowest BCUT2D eigenvalue weighted by Crippen LogP contribution is -2.50. The average molecular weight is 285 g/mol. The summed E-state index contributed by atoms with van der Waals surface area (Å²) >= 11 is 0. The molecule has 2 saturated carbocycles. The van der Waals surface area contributed by atoms with Gasteiger partial charge in [-0.3, -0.25) is 0 Å². The summed E-state index contributed by atoms with van der Waals surface area (Å²) in [6, 6.07) is 0. The molecule has 0 aliphatic heterocycles. The van der Waals surface area contributed by atoms with Crippen molar-refractivity contribution in [3.8, 4) is 0 Å². The second-order valence-electron chi connectivity index (χ2n) is 8.17. The normalized spacial score (nSPS) is 36.9. The van der Waals surface area contributed by atoms with Crippen molar-refractivity contribution >= 4 is 8.32 Å². The Morgan fingerprint density at radius 3 is 2.16 bits per heavy atom. The molecule has 0 heterocycles. The molecule has 0 bridgehead atoms. The molecule has 0 saturated heterocycles. The van der Waals surface area contributed by atoms with Gasteiger partial charge in [0.25, 0.3) is 0 Å². The van der Waals surface area contributed by atoms with Crippen molar-refractivity contribution in [3.63, 3.8) is 0 Å². The Kier molecular flexibility index (Phi) is 4.49. The van der Waals surface area contributed by atoms with Gasteiger partial charge in [0.2, 0.25) is 0 Å². The number of hydrogen-bond donors (Lipinski definition) is 1. The summed E-state index contributed by atoms with van der Waals surface area (Å²) in [5.41, 5.74) is 0. The smallest absolute Gasteiger partial charge is 0.192 e. The number of hydrogen-bond acceptors (Lipinski definition) is 2. The van der Waals surface area contributed by atoms with Crippen LogP contribution < -0.4 is 0 Å². The maximum absolute atomic E-state index is 10.2. The van der Waals surface area contributed by atoms with Crippen LogP contribution in [0.5, 0.6) is 0 Å². The molecule has 1 N–H and O–H groups in total. The maximum atomic E-state index is 10.2. The molecule has 0 aromatic carbocycles. The van der Waals surface area contributed by atoms with Crippen molar-refractivity contribution in [1.29, 1.82) is 0 Å². The van der Waals surface area contributed by atoms with Gasteiger partial charge in [-0.25, -0.2) is 0 Å². The van der Waals surface area contributed by atoms with Crippen LogP contribution in [0.3, 0.4) is 0 Å². The Bertz CT molecular complexity index is 308. The van der Waals surface area contributed by atoms with Crippen molar-refractivity contribution in [2.75, 3.05) is 0 Å². The fourth-order valence-electron chi connectivity index (χ4n) is 3.61. The lowest BCUT2D eigenvalue weighted by Gasteiger charge is -2.48. The van der Waals surface area contributed by atoms with Crippen LogP contribution >= 0.6 is 0 Å². The fraction of sp³-hybridized carbons (Fsp3) is 1.00. The van der Waals surface area contributed by atoms with E-state index in [1.165, 1.54) is 32.1 Å². The standard InChI is InChI=1S/C16H32O2Si/c1-16(2,3)19(4,5)18-15-11-7-8-12-13(15)9-6-10-14(12)17/h12-15,17H,6-11H2,1-5H3. The first-order valence-corrected chi connectivity index (χ1v) is 11.0. The molecule has 4 atom stereocenters. The third-order valence-corrected chi connectivity index (χ3v) is 10.3. The largest absolute Gasteiger partial charge is 0.414 e. The SMILES string of the molecule is CC(C)(C)[Si](C)(C)OC1CCCC2C(O)CCCC12. The van der Waals surface area contributed by atoms with Crippen molar-refractivity contribution in [2.45, 2.75) is 89.6 Å². The second kappa shape index (κ2) is 5.49. The minimum absolute atomic E-state index is 0.0652. The highest BCUT2D eigenvalue weighted by molar-refractivity contribution is 6.74. The first-order chi connectivity index (χ1) is 8.72.